The minimum Gasteiger partial charge on any atom is -0.493 e. The Hall–Kier alpha value is -3.18. The summed E-state index contributed by atoms with van der Waals surface area (Å²) in [5.74, 6) is 1.26. The summed E-state index contributed by atoms with van der Waals surface area (Å²) in [5, 5.41) is 4.08. The van der Waals surface area contributed by atoms with E-state index in [1.54, 1.807) is 12.1 Å². The Bertz CT molecular complexity index is 1200. The number of hydrogen-bond acceptors (Lipinski definition) is 8. The van der Waals surface area contributed by atoms with E-state index in [2.05, 4.69) is 10.1 Å². The van der Waals surface area contributed by atoms with Crippen LogP contribution in [0.5, 0.6) is 17.2 Å². The topological polar surface area (TPSA) is 104 Å². The summed E-state index contributed by atoms with van der Waals surface area (Å²) in [6, 6.07) is 8.23. The van der Waals surface area contributed by atoms with Crippen molar-refractivity contribution in [2.24, 2.45) is 0 Å². The maximum atomic E-state index is 13.2. The Labute approximate surface area is 191 Å². The summed E-state index contributed by atoms with van der Waals surface area (Å²) in [6.07, 6.45) is 1.33. The third-order valence-corrected chi connectivity index (χ3v) is 7.43. The fraction of sp³-hybridized carbons (Fsp3) is 0.364. The number of methoxy groups -OCH3 is 3. The third kappa shape index (κ3) is 4.51. The van der Waals surface area contributed by atoms with E-state index in [0.717, 1.165) is 12.1 Å². The lowest BCUT2D eigenvalue weighted by Gasteiger charge is -2.30. The predicted molar refractivity (Wildman–Crippen MR) is 117 cm³/mol. The second kappa shape index (κ2) is 9.36. The van der Waals surface area contributed by atoms with Crippen LogP contribution in [0.25, 0.3) is 11.4 Å². The van der Waals surface area contributed by atoms with Crippen LogP contribution < -0.4 is 14.2 Å². The van der Waals surface area contributed by atoms with Crippen LogP contribution in [0.2, 0.25) is 0 Å². The number of nitrogens with zero attached hydrogens (tertiary/aromatic N) is 3. The number of piperidine rings is 1. The molecule has 1 saturated heterocycles. The van der Waals surface area contributed by atoms with Gasteiger partial charge in [0.15, 0.2) is 11.5 Å². The summed E-state index contributed by atoms with van der Waals surface area (Å²) < 4.78 is 62.2. The van der Waals surface area contributed by atoms with Gasteiger partial charge in [-0.15, -0.1) is 0 Å². The quantitative estimate of drug-likeness (QED) is 0.510. The van der Waals surface area contributed by atoms with Crippen molar-refractivity contribution in [1.82, 2.24) is 14.4 Å². The minimum absolute atomic E-state index is 0.0493. The van der Waals surface area contributed by atoms with E-state index in [4.69, 9.17) is 18.7 Å². The van der Waals surface area contributed by atoms with Gasteiger partial charge in [-0.2, -0.15) is 9.29 Å². The normalized spacial score (nSPS) is 17.0. The van der Waals surface area contributed by atoms with Gasteiger partial charge in [0.25, 0.3) is 0 Å². The van der Waals surface area contributed by atoms with Crippen LogP contribution in [0.3, 0.4) is 0 Å². The molecule has 0 N–H and O–H groups in total. The van der Waals surface area contributed by atoms with E-state index in [1.807, 2.05) is 0 Å². The summed E-state index contributed by atoms with van der Waals surface area (Å²) in [4.78, 5) is 4.56. The van der Waals surface area contributed by atoms with Crippen LogP contribution in [-0.4, -0.2) is 57.3 Å². The number of hydrogen-bond donors (Lipinski definition) is 0. The Balaban J connectivity index is 1.58. The highest BCUT2D eigenvalue weighted by Crippen LogP contribution is 2.41. The molecule has 1 atom stereocenters. The summed E-state index contributed by atoms with van der Waals surface area (Å²) in [7, 11) is 0.784. The van der Waals surface area contributed by atoms with Gasteiger partial charge in [-0.25, -0.2) is 12.8 Å². The van der Waals surface area contributed by atoms with Crippen LogP contribution in [-0.2, 0) is 10.0 Å². The molecule has 3 aromatic rings. The molecule has 11 heteroatoms. The average Bonchev–Trinajstić information content (AvgIpc) is 3.34. The molecule has 0 saturated carbocycles. The number of halogens is 1. The molecule has 0 amide bonds. The molecule has 0 unspecified atom stereocenters. The highest BCUT2D eigenvalue weighted by Gasteiger charge is 2.33. The van der Waals surface area contributed by atoms with Crippen molar-refractivity contribution < 1.29 is 31.5 Å². The van der Waals surface area contributed by atoms with Crippen molar-refractivity contribution >= 4 is 10.0 Å². The summed E-state index contributed by atoms with van der Waals surface area (Å²) >= 11 is 0. The Morgan fingerprint density at radius 2 is 1.73 bits per heavy atom. The lowest BCUT2D eigenvalue weighted by molar-refractivity contribution is 0.265. The highest BCUT2D eigenvalue weighted by molar-refractivity contribution is 7.89. The van der Waals surface area contributed by atoms with Crippen LogP contribution in [0.4, 0.5) is 4.39 Å². The number of ether oxygens (including phenoxy) is 3. The fourth-order valence-electron chi connectivity index (χ4n) is 3.85. The van der Waals surface area contributed by atoms with Gasteiger partial charge in [-0.05, 0) is 49.2 Å². The average molecular weight is 478 g/mol. The Morgan fingerprint density at radius 3 is 2.33 bits per heavy atom. The molecule has 0 radical (unpaired) electrons. The van der Waals surface area contributed by atoms with Gasteiger partial charge < -0.3 is 18.7 Å². The molecule has 4 rings (SSSR count). The van der Waals surface area contributed by atoms with Crippen molar-refractivity contribution in [3.05, 3.63) is 48.1 Å². The van der Waals surface area contributed by atoms with E-state index in [1.165, 1.54) is 37.8 Å². The van der Waals surface area contributed by atoms with Gasteiger partial charge in [0.05, 0.1) is 32.1 Å². The predicted octanol–water partition coefficient (Wildman–Crippen LogP) is 3.47. The standard InChI is InChI=1S/C22H24FN3O6S/c1-29-18-11-15(12-19(30-2)20(18)31-3)21-24-22(32-25-21)14-5-4-10-26(13-14)33(27,28)17-8-6-16(23)7-9-17/h6-9,11-12,14H,4-5,10,13H2,1-3H3/t14-/m0/s1. The van der Waals surface area contributed by atoms with Crippen molar-refractivity contribution in [2.45, 2.75) is 23.7 Å². The molecule has 33 heavy (non-hydrogen) atoms. The Kier molecular flexibility index (Phi) is 6.52. The highest BCUT2D eigenvalue weighted by atomic mass is 32.2. The van der Waals surface area contributed by atoms with Crippen LogP contribution in [0.1, 0.15) is 24.7 Å². The molecule has 1 fully saturated rings. The molecule has 9 nitrogen and oxygen atoms in total. The van der Waals surface area contributed by atoms with Crippen molar-refractivity contribution in [3.63, 3.8) is 0 Å². The zero-order chi connectivity index (χ0) is 23.6. The molecule has 176 valence electrons. The lowest BCUT2D eigenvalue weighted by atomic mass is 10.00. The molecular formula is C22H24FN3O6S. The second-order valence-corrected chi connectivity index (χ2v) is 9.46. The van der Waals surface area contributed by atoms with E-state index >= 15 is 0 Å². The molecule has 2 aromatic carbocycles. The monoisotopic (exact) mass is 477 g/mol. The zero-order valence-corrected chi connectivity index (χ0v) is 19.3. The molecule has 0 aliphatic carbocycles. The van der Waals surface area contributed by atoms with Crippen molar-refractivity contribution in [3.8, 4) is 28.6 Å². The first-order chi connectivity index (χ1) is 15.9. The van der Waals surface area contributed by atoms with E-state index in [0.29, 0.717) is 53.9 Å². The van der Waals surface area contributed by atoms with Gasteiger partial charge >= 0.3 is 0 Å². The largest absolute Gasteiger partial charge is 0.493 e. The summed E-state index contributed by atoms with van der Waals surface area (Å²) in [6.45, 7) is 0.556. The van der Waals surface area contributed by atoms with Crippen molar-refractivity contribution in [1.29, 1.82) is 0 Å². The number of sulfonamides is 1. The first kappa shape index (κ1) is 23.0. The number of rotatable bonds is 7. The molecule has 1 aromatic heterocycles. The first-order valence-electron chi connectivity index (χ1n) is 10.3. The SMILES string of the molecule is COc1cc(-c2noc([C@H]3CCCN(S(=O)(=O)c4ccc(F)cc4)C3)n2)cc(OC)c1OC. The Morgan fingerprint density at radius 1 is 1.06 bits per heavy atom. The van der Waals surface area contributed by atoms with E-state index in [9.17, 15) is 12.8 Å². The van der Waals surface area contributed by atoms with Crippen molar-refractivity contribution in [2.75, 3.05) is 34.4 Å². The van der Waals surface area contributed by atoms with Crippen LogP contribution in [0, 0.1) is 5.82 Å². The molecule has 2 heterocycles. The number of benzene rings is 2. The van der Waals surface area contributed by atoms with Gasteiger partial charge in [-0.3, -0.25) is 0 Å². The van der Waals surface area contributed by atoms with E-state index < -0.39 is 15.8 Å². The molecule has 1 aliphatic rings. The van der Waals surface area contributed by atoms with Gasteiger partial charge in [-0.1, -0.05) is 5.16 Å². The van der Waals surface area contributed by atoms with Crippen LogP contribution >= 0.6 is 0 Å². The van der Waals surface area contributed by atoms with Gasteiger partial charge in [0.2, 0.25) is 27.5 Å². The minimum atomic E-state index is -3.76. The van der Waals surface area contributed by atoms with Gasteiger partial charge in [0.1, 0.15) is 5.82 Å². The van der Waals surface area contributed by atoms with Gasteiger partial charge in [0, 0.05) is 18.7 Å². The summed E-state index contributed by atoms with van der Waals surface area (Å²) in [5.41, 5.74) is 0.603. The molecule has 1 aliphatic heterocycles. The zero-order valence-electron chi connectivity index (χ0n) is 18.4. The van der Waals surface area contributed by atoms with E-state index in [-0.39, 0.29) is 17.4 Å². The third-order valence-electron chi connectivity index (χ3n) is 5.55. The number of aromatic nitrogens is 2. The molecule has 0 spiro atoms. The maximum Gasteiger partial charge on any atom is 0.243 e. The maximum absolute atomic E-state index is 13.2. The fourth-order valence-corrected chi connectivity index (χ4v) is 5.37. The first-order valence-corrected chi connectivity index (χ1v) is 11.7. The molecular weight excluding hydrogens is 453 g/mol. The smallest absolute Gasteiger partial charge is 0.243 e. The lowest BCUT2D eigenvalue weighted by Crippen LogP contribution is -2.39. The van der Waals surface area contributed by atoms with Crippen LogP contribution in [0.15, 0.2) is 45.8 Å². The molecule has 0 bridgehead atoms. The second-order valence-electron chi connectivity index (χ2n) is 7.53.